The summed E-state index contributed by atoms with van der Waals surface area (Å²) in [4.78, 5) is 57.2. The summed E-state index contributed by atoms with van der Waals surface area (Å²) >= 11 is 6.33. The Bertz CT molecular complexity index is 1930. The standard InChI is InChI=1S/C37H35ClF3N3O6/c1-6-23-19-25(36(48)49-5)20-29(38)33(23)50-31(45)9-7-8-22-11-17-30(28(18-22)35(47)44(3)4)43-34(46)27-16-10-21(2)42-32(27)24-12-14-26(15-13-24)37(39,40)41/h10-20H,6-9H2,1-5H3,(H,43,46). The van der Waals surface area contributed by atoms with Gasteiger partial charge in [0.15, 0.2) is 5.75 Å². The van der Waals surface area contributed by atoms with Gasteiger partial charge in [0.2, 0.25) is 0 Å². The third-order valence-electron chi connectivity index (χ3n) is 7.72. The smallest absolute Gasteiger partial charge is 0.416 e. The second kappa shape index (κ2) is 16.0. The molecule has 0 radical (unpaired) electrons. The highest BCUT2D eigenvalue weighted by Crippen LogP contribution is 2.33. The Balaban J connectivity index is 1.50. The first-order chi connectivity index (χ1) is 23.6. The molecule has 0 saturated carbocycles. The molecule has 50 heavy (non-hydrogen) atoms. The molecule has 4 aromatic rings. The quantitative estimate of drug-likeness (QED) is 0.124. The molecular weight excluding hydrogens is 675 g/mol. The number of aromatic nitrogens is 1. The van der Waals surface area contributed by atoms with Crippen molar-refractivity contribution >= 4 is 41.0 Å². The van der Waals surface area contributed by atoms with Gasteiger partial charge in [-0.1, -0.05) is 36.7 Å². The van der Waals surface area contributed by atoms with Crippen LogP contribution in [0.2, 0.25) is 5.02 Å². The number of halogens is 4. The van der Waals surface area contributed by atoms with Gasteiger partial charge >= 0.3 is 18.1 Å². The summed E-state index contributed by atoms with van der Waals surface area (Å²) in [7, 11) is 4.39. The van der Waals surface area contributed by atoms with Gasteiger partial charge in [-0.3, -0.25) is 19.4 Å². The van der Waals surface area contributed by atoms with Crippen LogP contribution in [-0.4, -0.2) is 54.8 Å². The number of carbonyl (C=O) groups excluding carboxylic acids is 4. The first-order valence-electron chi connectivity index (χ1n) is 15.6. The molecule has 0 aliphatic heterocycles. The zero-order valence-electron chi connectivity index (χ0n) is 28.0. The third kappa shape index (κ3) is 9.06. The number of aryl methyl sites for hydroxylation is 3. The third-order valence-corrected chi connectivity index (χ3v) is 8.00. The van der Waals surface area contributed by atoms with Gasteiger partial charge in [-0.15, -0.1) is 0 Å². The maximum Gasteiger partial charge on any atom is 0.416 e. The van der Waals surface area contributed by atoms with Crippen LogP contribution in [0.4, 0.5) is 18.9 Å². The molecule has 0 fully saturated rings. The molecule has 0 aliphatic rings. The van der Waals surface area contributed by atoms with Gasteiger partial charge in [0.25, 0.3) is 11.8 Å². The van der Waals surface area contributed by atoms with Crippen LogP contribution < -0.4 is 10.1 Å². The lowest BCUT2D eigenvalue weighted by atomic mass is 10.0. The van der Waals surface area contributed by atoms with Crippen LogP contribution in [0, 0.1) is 6.92 Å². The summed E-state index contributed by atoms with van der Waals surface area (Å²) < 4.78 is 49.7. The largest absolute Gasteiger partial charge is 0.465 e. The van der Waals surface area contributed by atoms with Crippen molar-refractivity contribution in [3.05, 3.63) is 111 Å². The summed E-state index contributed by atoms with van der Waals surface area (Å²) in [6, 6.07) is 15.4. The lowest BCUT2D eigenvalue weighted by Gasteiger charge is -2.17. The van der Waals surface area contributed by atoms with Crippen molar-refractivity contribution < 1.29 is 41.8 Å². The fourth-order valence-corrected chi connectivity index (χ4v) is 5.38. The average molecular weight is 710 g/mol. The molecule has 0 saturated heterocycles. The van der Waals surface area contributed by atoms with E-state index in [9.17, 15) is 32.3 Å². The number of anilines is 1. The van der Waals surface area contributed by atoms with Crippen LogP contribution in [0.5, 0.6) is 5.75 Å². The predicted octanol–water partition coefficient (Wildman–Crippen LogP) is 7.96. The number of esters is 2. The number of amides is 2. The Hall–Kier alpha value is -5.23. The average Bonchev–Trinajstić information content (AvgIpc) is 3.08. The van der Waals surface area contributed by atoms with Gasteiger partial charge in [0, 0.05) is 31.8 Å². The highest BCUT2D eigenvalue weighted by molar-refractivity contribution is 6.32. The number of carbonyl (C=O) groups is 4. The lowest BCUT2D eigenvalue weighted by molar-refractivity contribution is -0.137. The van der Waals surface area contributed by atoms with Crippen molar-refractivity contribution in [3.63, 3.8) is 0 Å². The van der Waals surface area contributed by atoms with Crippen molar-refractivity contribution in [1.29, 1.82) is 0 Å². The molecule has 0 unspecified atom stereocenters. The summed E-state index contributed by atoms with van der Waals surface area (Å²) in [5.74, 6) is -1.91. The molecule has 262 valence electrons. The van der Waals surface area contributed by atoms with Crippen molar-refractivity contribution in [1.82, 2.24) is 9.88 Å². The van der Waals surface area contributed by atoms with E-state index in [-0.39, 0.29) is 51.2 Å². The van der Waals surface area contributed by atoms with Crippen LogP contribution >= 0.6 is 11.6 Å². The van der Waals surface area contributed by atoms with Gasteiger partial charge in [-0.25, -0.2) is 4.79 Å². The monoisotopic (exact) mass is 709 g/mol. The molecule has 0 bridgehead atoms. The SMILES string of the molecule is CCc1cc(C(=O)OC)cc(Cl)c1OC(=O)CCCc1ccc(NC(=O)c2ccc(C)nc2-c2ccc(C(F)(F)F)cc2)c(C(=O)N(C)C)c1. The van der Waals surface area contributed by atoms with E-state index >= 15 is 0 Å². The number of hydrogen-bond donors (Lipinski definition) is 1. The van der Waals surface area contributed by atoms with E-state index in [1.807, 2.05) is 6.92 Å². The number of methoxy groups -OCH3 is 1. The maximum absolute atomic E-state index is 13.6. The number of rotatable bonds is 11. The Morgan fingerprint density at radius 1 is 0.940 bits per heavy atom. The van der Waals surface area contributed by atoms with Crippen molar-refractivity contribution in [2.24, 2.45) is 0 Å². The van der Waals surface area contributed by atoms with E-state index in [1.165, 1.54) is 36.3 Å². The Labute approximate surface area is 292 Å². The summed E-state index contributed by atoms with van der Waals surface area (Å²) in [5.41, 5.74) is 2.28. The van der Waals surface area contributed by atoms with Crippen LogP contribution in [-0.2, 0) is 28.5 Å². The molecule has 2 amide bonds. The van der Waals surface area contributed by atoms with Crippen LogP contribution in [0.15, 0.2) is 66.7 Å². The molecule has 0 atom stereocenters. The van der Waals surface area contributed by atoms with Crippen molar-refractivity contribution in [3.8, 4) is 17.0 Å². The van der Waals surface area contributed by atoms with Crippen LogP contribution in [0.3, 0.4) is 0 Å². The summed E-state index contributed by atoms with van der Waals surface area (Å²) in [5, 5.41) is 2.87. The van der Waals surface area contributed by atoms with Crippen LogP contribution in [0.1, 0.15) is 73.2 Å². The number of ether oxygens (including phenoxy) is 2. The van der Waals surface area contributed by atoms with E-state index < -0.39 is 29.6 Å². The minimum absolute atomic E-state index is 0.0286. The fraction of sp³-hybridized carbons (Fsp3) is 0.270. The molecule has 4 rings (SSSR count). The van der Waals surface area contributed by atoms with E-state index in [0.29, 0.717) is 36.1 Å². The van der Waals surface area contributed by atoms with Crippen LogP contribution in [0.25, 0.3) is 11.3 Å². The molecule has 0 spiro atoms. The first kappa shape index (κ1) is 37.6. The number of hydrogen-bond acceptors (Lipinski definition) is 7. The summed E-state index contributed by atoms with van der Waals surface area (Å²) in [6.45, 7) is 3.53. The number of pyridine rings is 1. The molecule has 3 aromatic carbocycles. The van der Waals surface area contributed by atoms with Gasteiger partial charge in [0.1, 0.15) is 0 Å². The molecule has 1 aromatic heterocycles. The van der Waals surface area contributed by atoms with E-state index in [2.05, 4.69) is 10.3 Å². The fourth-order valence-electron chi connectivity index (χ4n) is 5.11. The van der Waals surface area contributed by atoms with Gasteiger partial charge in [-0.05, 0) is 85.8 Å². The van der Waals surface area contributed by atoms with Gasteiger partial charge < -0.3 is 19.7 Å². The number of alkyl halides is 3. The zero-order valence-corrected chi connectivity index (χ0v) is 28.8. The number of nitrogens with zero attached hydrogens (tertiary/aromatic N) is 2. The minimum Gasteiger partial charge on any atom is -0.465 e. The normalized spacial score (nSPS) is 11.1. The molecule has 1 heterocycles. The van der Waals surface area contributed by atoms with Crippen molar-refractivity contribution in [2.75, 3.05) is 26.5 Å². The Morgan fingerprint density at radius 3 is 2.26 bits per heavy atom. The molecule has 13 heteroatoms. The van der Waals surface area contributed by atoms with E-state index in [1.54, 1.807) is 51.4 Å². The maximum atomic E-state index is 13.6. The molecular formula is C37H35ClF3N3O6. The molecule has 0 aliphatic carbocycles. The Kier molecular flexibility index (Phi) is 12.0. The second-order valence-corrected chi connectivity index (χ2v) is 12.0. The zero-order chi connectivity index (χ0) is 36.7. The first-order valence-corrected chi connectivity index (χ1v) is 15.9. The van der Waals surface area contributed by atoms with E-state index in [4.69, 9.17) is 21.1 Å². The van der Waals surface area contributed by atoms with Crippen molar-refractivity contribution in [2.45, 2.75) is 45.7 Å². The highest BCUT2D eigenvalue weighted by Gasteiger charge is 2.30. The molecule has 9 nitrogen and oxygen atoms in total. The Morgan fingerprint density at radius 2 is 1.64 bits per heavy atom. The lowest BCUT2D eigenvalue weighted by Crippen LogP contribution is -2.24. The predicted molar refractivity (Wildman–Crippen MR) is 183 cm³/mol. The number of benzene rings is 3. The second-order valence-electron chi connectivity index (χ2n) is 11.6. The number of nitrogens with one attached hydrogen (secondary N) is 1. The molecule has 1 N–H and O–H groups in total. The van der Waals surface area contributed by atoms with Gasteiger partial charge in [-0.2, -0.15) is 13.2 Å². The van der Waals surface area contributed by atoms with E-state index in [0.717, 1.165) is 17.7 Å². The minimum atomic E-state index is -4.52. The van der Waals surface area contributed by atoms with Gasteiger partial charge in [0.05, 0.1) is 45.8 Å². The topological polar surface area (TPSA) is 115 Å². The summed E-state index contributed by atoms with van der Waals surface area (Å²) in [6.07, 6.45) is -3.27. The highest BCUT2D eigenvalue weighted by atomic mass is 35.5.